The van der Waals surface area contributed by atoms with E-state index in [4.69, 9.17) is 0 Å². The molecule has 15 rings (SSSR count). The molecule has 0 amide bonds. The number of hydrogen-bond donors (Lipinski definition) is 0. The summed E-state index contributed by atoms with van der Waals surface area (Å²) in [4.78, 5) is 8.36. The highest BCUT2D eigenvalue weighted by Crippen LogP contribution is 2.63. The van der Waals surface area contributed by atoms with Gasteiger partial charge in [-0.05, 0) is 201 Å². The maximum atomic E-state index is 2.92. The summed E-state index contributed by atoms with van der Waals surface area (Å²) in [5.41, 5.74) is 27.5. The van der Waals surface area contributed by atoms with E-state index in [1.807, 2.05) is 11.3 Å². The van der Waals surface area contributed by atoms with Crippen molar-refractivity contribution >= 4 is 100 Å². The molecular weight excluding hydrogens is 1010 g/mol. The first-order valence-electron chi connectivity index (χ1n) is 31.1. The summed E-state index contributed by atoms with van der Waals surface area (Å²) in [7, 11) is 0. The van der Waals surface area contributed by atoms with Crippen LogP contribution in [0.25, 0.3) is 31.3 Å². The van der Waals surface area contributed by atoms with E-state index in [9.17, 15) is 0 Å². The van der Waals surface area contributed by atoms with Crippen molar-refractivity contribution in [2.24, 2.45) is 0 Å². The van der Waals surface area contributed by atoms with Gasteiger partial charge < -0.3 is 14.7 Å². The van der Waals surface area contributed by atoms with Crippen molar-refractivity contribution in [2.45, 2.75) is 186 Å². The maximum absolute atomic E-state index is 2.92. The van der Waals surface area contributed by atoms with Gasteiger partial charge in [0.25, 0.3) is 6.71 Å². The third-order valence-electron chi connectivity index (χ3n) is 22.3. The molecule has 3 aliphatic carbocycles. The lowest BCUT2D eigenvalue weighted by Crippen LogP contribution is -2.64. The predicted molar refractivity (Wildman–Crippen MR) is 356 cm³/mol. The Hall–Kier alpha value is -6.56. The molecule has 3 nitrogen and oxygen atoms in total. The van der Waals surface area contributed by atoms with Crippen LogP contribution in [-0.2, 0) is 32.5 Å². The molecule has 4 heterocycles. The SMILES string of the molecule is Cc1cc2c3c(c1)N1c4c(cc(C(C)(C)C)cc4C4(C)CCCCC14C)B3c1ccc(N(c3ccc4c(c3)C(C)(C)CCC4(C)C)c3cccc4c3sc3ccccc34)cc1N2c1cc2c(cc1-c1ccccc1)C(C)(C)CCC2(C)C. The second-order valence-corrected chi connectivity index (χ2v) is 31.3. The van der Waals surface area contributed by atoms with Crippen LogP contribution in [0.15, 0.2) is 146 Å². The zero-order valence-electron chi connectivity index (χ0n) is 51.3. The first-order valence-corrected chi connectivity index (χ1v) is 31.9. The lowest BCUT2D eigenvalue weighted by Gasteiger charge is -2.53. The lowest BCUT2D eigenvalue weighted by molar-refractivity contribution is 0.195. The van der Waals surface area contributed by atoms with E-state index >= 15 is 0 Å². The summed E-state index contributed by atoms with van der Waals surface area (Å²) in [5.74, 6) is 0. The van der Waals surface area contributed by atoms with Gasteiger partial charge >= 0.3 is 0 Å². The van der Waals surface area contributed by atoms with Gasteiger partial charge in [-0.15, -0.1) is 11.3 Å². The Morgan fingerprint density at radius 2 is 1.12 bits per heavy atom. The van der Waals surface area contributed by atoms with Crippen LogP contribution in [0, 0.1) is 6.92 Å². The topological polar surface area (TPSA) is 9.72 Å². The first kappa shape index (κ1) is 52.3. The van der Waals surface area contributed by atoms with Crippen molar-refractivity contribution in [3.63, 3.8) is 0 Å². The predicted octanol–water partition coefficient (Wildman–Crippen LogP) is 19.9. The van der Waals surface area contributed by atoms with Gasteiger partial charge in [0.2, 0.25) is 0 Å². The van der Waals surface area contributed by atoms with E-state index in [-0.39, 0.29) is 44.7 Å². The third kappa shape index (κ3) is 7.26. The molecule has 1 saturated carbocycles. The Balaban J connectivity index is 1.08. The quantitative estimate of drug-likeness (QED) is 0.159. The monoisotopic (exact) mass is 1090 g/mol. The highest BCUT2D eigenvalue weighted by Gasteiger charge is 2.62. The van der Waals surface area contributed by atoms with Crippen LogP contribution >= 0.6 is 11.3 Å². The molecule has 1 fully saturated rings. The van der Waals surface area contributed by atoms with Crippen molar-refractivity contribution < 1.29 is 0 Å². The van der Waals surface area contributed by atoms with E-state index in [0.717, 1.165) is 19.3 Å². The fourth-order valence-corrected chi connectivity index (χ4v) is 18.2. The van der Waals surface area contributed by atoms with Gasteiger partial charge in [0.1, 0.15) is 0 Å². The zero-order valence-corrected chi connectivity index (χ0v) is 52.2. The largest absolute Gasteiger partial charge is 0.335 e. The van der Waals surface area contributed by atoms with Crippen LogP contribution < -0.4 is 31.1 Å². The molecule has 0 bridgehead atoms. The van der Waals surface area contributed by atoms with Crippen molar-refractivity contribution in [2.75, 3.05) is 14.7 Å². The van der Waals surface area contributed by atoms with Gasteiger partial charge in [-0.2, -0.15) is 0 Å². The number of rotatable bonds is 5. The molecule has 0 N–H and O–H groups in total. The van der Waals surface area contributed by atoms with Crippen molar-refractivity contribution in [3.8, 4) is 11.1 Å². The molecule has 82 heavy (non-hydrogen) atoms. The lowest BCUT2D eigenvalue weighted by atomic mass is 9.33. The first-order chi connectivity index (χ1) is 38.9. The van der Waals surface area contributed by atoms with Gasteiger partial charge in [0.15, 0.2) is 0 Å². The summed E-state index contributed by atoms with van der Waals surface area (Å²) in [6.07, 6.45) is 9.54. The molecule has 3 aliphatic heterocycles. The minimum Gasteiger partial charge on any atom is -0.335 e. The average molecular weight is 1090 g/mol. The molecule has 9 aromatic rings. The second kappa shape index (κ2) is 17.3. The van der Waals surface area contributed by atoms with Crippen molar-refractivity contribution in [1.82, 2.24) is 0 Å². The number of hydrogen-bond acceptors (Lipinski definition) is 4. The average Bonchev–Trinajstić information content (AvgIpc) is 1.52. The molecule has 0 spiro atoms. The van der Waals surface area contributed by atoms with Crippen LogP contribution in [0.2, 0.25) is 0 Å². The third-order valence-corrected chi connectivity index (χ3v) is 23.5. The molecule has 6 aliphatic rings. The van der Waals surface area contributed by atoms with Gasteiger partial charge in [0.05, 0.1) is 21.6 Å². The van der Waals surface area contributed by atoms with Crippen LogP contribution in [0.3, 0.4) is 0 Å². The fraction of sp³-hybridized carbons (Fsp3) is 0.377. The molecule has 0 radical (unpaired) electrons. The highest BCUT2D eigenvalue weighted by molar-refractivity contribution is 7.26. The Labute approximate surface area is 493 Å². The summed E-state index contributed by atoms with van der Waals surface area (Å²) in [6.45, 7) is 34.8. The normalized spacial score (nSPS) is 22.0. The Kier molecular flexibility index (Phi) is 11.0. The summed E-state index contributed by atoms with van der Waals surface area (Å²) < 4.78 is 2.64. The van der Waals surface area contributed by atoms with Gasteiger partial charge in [-0.1, -0.05) is 181 Å². The number of aryl methyl sites for hydroxylation is 1. The zero-order chi connectivity index (χ0) is 57.0. The van der Waals surface area contributed by atoms with E-state index in [0.29, 0.717) is 0 Å². The molecule has 5 heteroatoms. The van der Waals surface area contributed by atoms with Gasteiger partial charge in [0, 0.05) is 60.6 Å². The number of nitrogens with zero attached hydrogens (tertiary/aromatic N) is 3. The van der Waals surface area contributed by atoms with Gasteiger partial charge in [-0.25, -0.2) is 0 Å². The number of anilines is 8. The number of fused-ring (bicyclic) bond motifs is 12. The van der Waals surface area contributed by atoms with Crippen LogP contribution in [-0.4, -0.2) is 12.3 Å². The number of thiophene rings is 1. The van der Waals surface area contributed by atoms with E-state index < -0.39 is 0 Å². The summed E-state index contributed by atoms with van der Waals surface area (Å²) >= 11 is 1.93. The summed E-state index contributed by atoms with van der Waals surface area (Å²) in [6, 6.07) is 58.5. The van der Waals surface area contributed by atoms with Crippen LogP contribution in [0.4, 0.5) is 45.5 Å². The molecular formula is C77H82BN3S. The Morgan fingerprint density at radius 1 is 0.500 bits per heavy atom. The standard InChI is InChI=1S/C77H82BN3S/c1-47-39-65-68-66(40-47)81-69-59(76(13)33-20-21-34-77(76,81)14)41-49(71(2,3)4)42-61(69)78(68)60-32-30-51(44-64(60)80(65)63-46-58-57(74(9,10)37-38-75(58,11)12)45-54(63)48-23-16-15-17-24-48)79(50-29-31-55-56(43-50)73(7,8)36-35-72(55,5)6)62-27-22-26-53-52-25-18-19-28-67(52)82-70(53)62/h15-19,22-32,39-46H,20-21,33-38H2,1-14H3. The molecule has 8 aromatic carbocycles. The summed E-state index contributed by atoms with van der Waals surface area (Å²) in [5, 5.41) is 2.64. The molecule has 2 unspecified atom stereocenters. The minimum atomic E-state index is -0.0796. The van der Waals surface area contributed by atoms with E-state index in [1.165, 1.54) is 159 Å². The van der Waals surface area contributed by atoms with Gasteiger partial charge in [-0.3, -0.25) is 0 Å². The molecule has 1 aromatic heterocycles. The fourth-order valence-electron chi connectivity index (χ4n) is 17.0. The van der Waals surface area contributed by atoms with Crippen molar-refractivity contribution in [3.05, 3.63) is 185 Å². The maximum Gasteiger partial charge on any atom is 0.252 e. The Morgan fingerprint density at radius 3 is 1.85 bits per heavy atom. The molecule has 0 saturated heterocycles. The highest BCUT2D eigenvalue weighted by atomic mass is 32.1. The Bertz CT molecular complexity index is 4190. The smallest absolute Gasteiger partial charge is 0.252 e. The van der Waals surface area contributed by atoms with Crippen molar-refractivity contribution in [1.29, 1.82) is 0 Å². The second-order valence-electron chi connectivity index (χ2n) is 30.2. The molecule has 414 valence electrons. The van der Waals surface area contributed by atoms with Crippen LogP contribution in [0.1, 0.15) is 180 Å². The van der Waals surface area contributed by atoms with Crippen LogP contribution in [0.5, 0.6) is 0 Å². The minimum absolute atomic E-state index is 0.00276. The van der Waals surface area contributed by atoms with E-state index in [2.05, 4.69) is 257 Å². The molecule has 2 atom stereocenters. The number of benzene rings is 8. The van der Waals surface area contributed by atoms with E-state index in [1.54, 1.807) is 5.56 Å².